The summed E-state index contributed by atoms with van der Waals surface area (Å²) in [5.74, 6) is 1.74. The lowest BCUT2D eigenvalue weighted by molar-refractivity contribution is -0.00410. The molecule has 6 nitrogen and oxygen atoms in total. The fourth-order valence-corrected chi connectivity index (χ4v) is 3.44. The van der Waals surface area contributed by atoms with Gasteiger partial charge in [0.05, 0.1) is 11.3 Å². The molecule has 0 aliphatic carbocycles. The summed E-state index contributed by atoms with van der Waals surface area (Å²) in [6, 6.07) is 0. The quantitative estimate of drug-likeness (QED) is 0.854. The van der Waals surface area contributed by atoms with E-state index in [4.69, 9.17) is 0 Å². The normalized spacial score (nSPS) is 22.4. The highest BCUT2D eigenvalue weighted by Gasteiger charge is 2.31. The molecule has 1 saturated heterocycles. The number of nitrogens with zero attached hydrogens (tertiary/aromatic N) is 4. The summed E-state index contributed by atoms with van der Waals surface area (Å²) in [6.45, 7) is 6.49. The van der Waals surface area contributed by atoms with E-state index < -0.39 is 5.60 Å². The van der Waals surface area contributed by atoms with Gasteiger partial charge in [-0.3, -0.25) is 0 Å². The molecule has 0 amide bonds. The third-order valence-corrected chi connectivity index (χ3v) is 5.18. The number of piperidine rings is 1. The zero-order valence-corrected chi connectivity index (χ0v) is 14.6. The van der Waals surface area contributed by atoms with Crippen LogP contribution >= 0.6 is 0 Å². The van der Waals surface area contributed by atoms with Gasteiger partial charge in [-0.05, 0) is 40.3 Å². The van der Waals surface area contributed by atoms with Gasteiger partial charge in [-0.2, -0.15) is 0 Å². The van der Waals surface area contributed by atoms with Crippen molar-refractivity contribution in [2.45, 2.75) is 38.2 Å². The third-order valence-electron chi connectivity index (χ3n) is 5.18. The number of rotatable bonds is 3. The number of hydrogen-bond donors (Lipinski definition) is 2. The van der Waals surface area contributed by atoms with Crippen molar-refractivity contribution < 1.29 is 5.11 Å². The van der Waals surface area contributed by atoms with Crippen molar-refractivity contribution in [3.63, 3.8) is 0 Å². The maximum atomic E-state index is 10.8. The van der Waals surface area contributed by atoms with Gasteiger partial charge in [-0.15, -0.1) is 0 Å². The molecule has 1 aromatic rings. The van der Waals surface area contributed by atoms with Crippen LogP contribution in [-0.2, 0) is 12.8 Å². The Labute approximate surface area is 138 Å². The molecule has 1 aromatic heterocycles. The second-order valence-corrected chi connectivity index (χ2v) is 7.23. The molecule has 2 aliphatic heterocycles. The first-order valence-electron chi connectivity index (χ1n) is 8.65. The molecule has 0 saturated carbocycles. The van der Waals surface area contributed by atoms with Crippen LogP contribution < -0.4 is 5.32 Å². The summed E-state index contributed by atoms with van der Waals surface area (Å²) < 4.78 is 0. The van der Waals surface area contributed by atoms with E-state index in [0.29, 0.717) is 6.54 Å². The molecule has 0 spiro atoms. The summed E-state index contributed by atoms with van der Waals surface area (Å²) in [5, 5.41) is 14.2. The number of nitrogens with one attached hydrogen (secondary N) is 1. The summed E-state index contributed by atoms with van der Waals surface area (Å²) in [4.78, 5) is 13.9. The number of likely N-dealkylation sites (N-methyl/N-ethyl adjacent to an activating group) is 1. The Morgan fingerprint density at radius 3 is 2.43 bits per heavy atom. The maximum Gasteiger partial charge on any atom is 0.133 e. The molecule has 6 heteroatoms. The van der Waals surface area contributed by atoms with Crippen LogP contribution in [0.3, 0.4) is 0 Å². The minimum absolute atomic E-state index is 0.569. The van der Waals surface area contributed by atoms with Crippen molar-refractivity contribution in [2.24, 2.45) is 0 Å². The van der Waals surface area contributed by atoms with Gasteiger partial charge < -0.3 is 20.2 Å². The number of fused-ring (bicyclic) bond motifs is 1. The molecule has 128 valence electrons. The number of anilines is 1. The highest BCUT2D eigenvalue weighted by molar-refractivity contribution is 5.48. The zero-order valence-electron chi connectivity index (χ0n) is 14.6. The van der Waals surface area contributed by atoms with Gasteiger partial charge >= 0.3 is 0 Å². The number of aryl methyl sites for hydroxylation is 1. The average Bonchev–Trinajstić information content (AvgIpc) is 2.71. The largest absolute Gasteiger partial charge is 0.388 e. The van der Waals surface area contributed by atoms with Crippen LogP contribution in [0.4, 0.5) is 5.82 Å². The van der Waals surface area contributed by atoms with E-state index in [-0.39, 0.29) is 0 Å². The minimum atomic E-state index is -0.625. The van der Waals surface area contributed by atoms with Crippen LogP contribution in [-0.4, -0.2) is 77.3 Å². The predicted octanol–water partition coefficient (Wildman–Crippen LogP) is 0.684. The number of hydrogen-bond acceptors (Lipinski definition) is 6. The van der Waals surface area contributed by atoms with Gasteiger partial charge in [0, 0.05) is 44.7 Å². The fourth-order valence-electron chi connectivity index (χ4n) is 3.44. The smallest absolute Gasteiger partial charge is 0.133 e. The van der Waals surface area contributed by atoms with Gasteiger partial charge in [0.2, 0.25) is 0 Å². The lowest BCUT2D eigenvalue weighted by atomic mass is 9.91. The van der Waals surface area contributed by atoms with Crippen molar-refractivity contribution in [1.29, 1.82) is 0 Å². The number of aromatic nitrogens is 2. The molecule has 0 atom stereocenters. The summed E-state index contributed by atoms with van der Waals surface area (Å²) in [6.07, 6.45) is 3.56. The van der Waals surface area contributed by atoms with Gasteiger partial charge in [-0.25, -0.2) is 9.97 Å². The fraction of sp³-hybridized carbons (Fsp3) is 0.765. The average molecular weight is 319 g/mol. The maximum absolute atomic E-state index is 10.8. The van der Waals surface area contributed by atoms with E-state index in [1.807, 2.05) is 6.92 Å². The Morgan fingerprint density at radius 1 is 1.04 bits per heavy atom. The van der Waals surface area contributed by atoms with Crippen LogP contribution in [0.15, 0.2) is 0 Å². The molecule has 1 fully saturated rings. The second kappa shape index (κ2) is 6.71. The van der Waals surface area contributed by atoms with E-state index >= 15 is 0 Å². The second-order valence-electron chi connectivity index (χ2n) is 7.23. The highest BCUT2D eigenvalue weighted by atomic mass is 16.3. The number of likely N-dealkylation sites (tertiary alicyclic amines) is 1. The van der Waals surface area contributed by atoms with Crippen LogP contribution in [0.5, 0.6) is 0 Å². The van der Waals surface area contributed by atoms with Crippen molar-refractivity contribution in [2.75, 3.05) is 52.1 Å². The van der Waals surface area contributed by atoms with Crippen molar-refractivity contribution in [3.8, 4) is 0 Å². The first kappa shape index (κ1) is 16.6. The number of aliphatic hydroxyl groups is 1. The Hall–Kier alpha value is -1.24. The van der Waals surface area contributed by atoms with Crippen molar-refractivity contribution in [1.82, 2.24) is 19.8 Å². The summed E-state index contributed by atoms with van der Waals surface area (Å²) >= 11 is 0. The zero-order chi connectivity index (χ0) is 16.4. The van der Waals surface area contributed by atoms with E-state index in [9.17, 15) is 5.11 Å². The van der Waals surface area contributed by atoms with E-state index in [2.05, 4.69) is 39.2 Å². The summed E-state index contributed by atoms with van der Waals surface area (Å²) in [7, 11) is 4.26. The first-order chi connectivity index (χ1) is 11.0. The highest BCUT2D eigenvalue weighted by Crippen LogP contribution is 2.25. The Morgan fingerprint density at radius 2 is 1.70 bits per heavy atom. The third kappa shape index (κ3) is 4.00. The molecule has 23 heavy (non-hydrogen) atoms. The van der Waals surface area contributed by atoms with E-state index in [1.54, 1.807) is 0 Å². The topological polar surface area (TPSA) is 64.5 Å². The molecule has 2 aliphatic rings. The summed E-state index contributed by atoms with van der Waals surface area (Å²) in [5.41, 5.74) is 1.77. The van der Waals surface area contributed by atoms with E-state index in [1.165, 1.54) is 11.3 Å². The van der Waals surface area contributed by atoms with Crippen LogP contribution in [0.25, 0.3) is 0 Å². The molecule has 2 N–H and O–H groups in total. The van der Waals surface area contributed by atoms with Crippen LogP contribution in [0.1, 0.15) is 29.9 Å². The van der Waals surface area contributed by atoms with Gasteiger partial charge in [0.1, 0.15) is 11.6 Å². The molecular weight excluding hydrogens is 290 g/mol. The molecule has 0 radical (unpaired) electrons. The predicted molar refractivity (Wildman–Crippen MR) is 91.8 cm³/mol. The SMILES string of the molecule is Cc1nc2c(c(NCC3(O)CCN(C)CC3)n1)CCN(C)CC2. The Balaban J connectivity index is 1.74. The first-order valence-corrected chi connectivity index (χ1v) is 8.65. The lowest BCUT2D eigenvalue weighted by Gasteiger charge is -2.36. The molecule has 0 unspecified atom stereocenters. The van der Waals surface area contributed by atoms with Crippen molar-refractivity contribution >= 4 is 5.82 Å². The minimum Gasteiger partial charge on any atom is -0.388 e. The van der Waals surface area contributed by atoms with Crippen LogP contribution in [0.2, 0.25) is 0 Å². The van der Waals surface area contributed by atoms with E-state index in [0.717, 1.165) is 63.5 Å². The Bertz CT molecular complexity index is 554. The van der Waals surface area contributed by atoms with Crippen molar-refractivity contribution in [3.05, 3.63) is 17.1 Å². The molecule has 0 bridgehead atoms. The molecule has 0 aromatic carbocycles. The monoisotopic (exact) mass is 319 g/mol. The Kier molecular flexibility index (Phi) is 4.85. The van der Waals surface area contributed by atoms with Crippen LogP contribution in [0, 0.1) is 6.92 Å². The molecule has 3 rings (SSSR count). The lowest BCUT2D eigenvalue weighted by Crippen LogP contribution is -2.47. The molecule has 3 heterocycles. The van der Waals surface area contributed by atoms with Gasteiger partial charge in [0.25, 0.3) is 0 Å². The van der Waals surface area contributed by atoms with Gasteiger partial charge in [0.15, 0.2) is 0 Å². The molecular formula is C17H29N5O. The standard InChI is InChI=1S/C17H29N5O/c1-13-19-15-5-9-21(2)8-4-14(15)16(20-13)18-12-17(23)6-10-22(3)11-7-17/h23H,4-12H2,1-3H3,(H,18,19,20). The van der Waals surface area contributed by atoms with Gasteiger partial charge in [-0.1, -0.05) is 0 Å².